The molecule has 236 valence electrons. The van der Waals surface area contributed by atoms with E-state index in [1.807, 2.05) is 75.4 Å². The molecule has 4 rings (SSSR count). The average Bonchev–Trinajstić information content (AvgIpc) is 3.05. The van der Waals surface area contributed by atoms with Gasteiger partial charge in [-0.2, -0.15) is 0 Å². The average molecular weight is 628 g/mol. The number of para-hydroxylation sites is 2. The minimum Gasteiger partial charge on any atom is -0.495 e. The Bertz CT molecular complexity index is 1690. The molecule has 0 fully saturated rings. The van der Waals surface area contributed by atoms with Crippen molar-refractivity contribution < 1.29 is 22.7 Å². The molecule has 4 aromatic rings. The number of aryl methyl sites for hydroxylation is 2. The number of carbonyl (C=O) groups excluding carboxylic acids is 2. The molecule has 0 aliphatic heterocycles. The minimum absolute atomic E-state index is 0.0405. The number of anilines is 1. The summed E-state index contributed by atoms with van der Waals surface area (Å²) in [6.45, 7) is 5.80. The Balaban J connectivity index is 1.83. The van der Waals surface area contributed by atoms with Crippen LogP contribution in [0.1, 0.15) is 35.6 Å². The Hall–Kier alpha value is -4.63. The van der Waals surface area contributed by atoms with Crippen LogP contribution in [0.15, 0.2) is 108 Å². The van der Waals surface area contributed by atoms with Crippen molar-refractivity contribution >= 4 is 27.5 Å². The Morgan fingerprint density at radius 1 is 0.844 bits per heavy atom. The lowest BCUT2D eigenvalue weighted by Crippen LogP contribution is -2.53. The molecule has 0 bridgehead atoms. The highest BCUT2D eigenvalue weighted by Crippen LogP contribution is 2.33. The number of rotatable bonds is 14. The smallest absolute Gasteiger partial charge is 0.264 e. The van der Waals surface area contributed by atoms with Gasteiger partial charge >= 0.3 is 0 Å². The first-order valence-corrected chi connectivity index (χ1v) is 16.5. The van der Waals surface area contributed by atoms with Gasteiger partial charge in [0, 0.05) is 19.5 Å². The second kappa shape index (κ2) is 15.4. The Labute approximate surface area is 266 Å². The number of hydrogen-bond acceptors (Lipinski definition) is 5. The van der Waals surface area contributed by atoms with E-state index in [2.05, 4.69) is 5.32 Å². The lowest BCUT2D eigenvalue weighted by Gasteiger charge is -2.34. The summed E-state index contributed by atoms with van der Waals surface area (Å²) in [6, 6.07) is 29.5. The normalized spacial score (nSPS) is 11.8. The number of methoxy groups -OCH3 is 1. The van der Waals surface area contributed by atoms with Crippen LogP contribution in [0.4, 0.5) is 5.69 Å². The van der Waals surface area contributed by atoms with Crippen molar-refractivity contribution in [3.8, 4) is 5.75 Å². The topological polar surface area (TPSA) is 96.0 Å². The first-order chi connectivity index (χ1) is 21.6. The van der Waals surface area contributed by atoms with Crippen LogP contribution in [0, 0.1) is 13.8 Å². The summed E-state index contributed by atoms with van der Waals surface area (Å²) in [7, 11) is -2.77. The number of benzene rings is 4. The van der Waals surface area contributed by atoms with Gasteiger partial charge in [-0.05, 0) is 61.2 Å². The number of nitrogens with zero attached hydrogens (tertiary/aromatic N) is 2. The molecule has 2 amide bonds. The van der Waals surface area contributed by atoms with E-state index in [1.54, 1.807) is 36.4 Å². The number of hydrogen-bond donors (Lipinski definition) is 1. The predicted octanol–water partition coefficient (Wildman–Crippen LogP) is 5.67. The van der Waals surface area contributed by atoms with Crippen LogP contribution in [-0.2, 0) is 32.6 Å². The third kappa shape index (κ3) is 8.30. The SMILES string of the molecule is CCCNC(=O)[C@H](Cc1ccccc1)N(Cc1ccccc1C)C(=O)CN(c1ccccc1OC)S(=O)(=O)c1ccc(C)cc1. The lowest BCUT2D eigenvalue weighted by molar-refractivity contribution is -0.140. The second-order valence-electron chi connectivity index (χ2n) is 10.9. The van der Waals surface area contributed by atoms with E-state index < -0.39 is 28.5 Å². The number of ether oxygens (including phenoxy) is 1. The van der Waals surface area contributed by atoms with Gasteiger partial charge in [-0.25, -0.2) is 8.42 Å². The quantitative estimate of drug-likeness (QED) is 0.194. The highest BCUT2D eigenvalue weighted by molar-refractivity contribution is 7.92. The van der Waals surface area contributed by atoms with Gasteiger partial charge in [0.05, 0.1) is 17.7 Å². The summed E-state index contributed by atoms with van der Waals surface area (Å²) in [5.41, 5.74) is 3.82. The molecule has 0 aromatic heterocycles. The van der Waals surface area contributed by atoms with Gasteiger partial charge in [-0.15, -0.1) is 0 Å². The van der Waals surface area contributed by atoms with Gasteiger partial charge in [0.2, 0.25) is 11.8 Å². The molecule has 0 saturated carbocycles. The van der Waals surface area contributed by atoms with Gasteiger partial charge in [0.25, 0.3) is 10.0 Å². The third-order valence-corrected chi connectivity index (χ3v) is 9.44. The molecule has 9 heteroatoms. The zero-order chi connectivity index (χ0) is 32.4. The maximum absolute atomic E-state index is 14.6. The second-order valence-corrected chi connectivity index (χ2v) is 12.8. The molecule has 0 aliphatic carbocycles. The fourth-order valence-corrected chi connectivity index (χ4v) is 6.50. The van der Waals surface area contributed by atoms with Crippen molar-refractivity contribution in [2.45, 2.75) is 51.1 Å². The number of carbonyl (C=O) groups is 2. The Kier molecular flexibility index (Phi) is 11.4. The molecule has 0 unspecified atom stereocenters. The zero-order valence-corrected chi connectivity index (χ0v) is 27.1. The fraction of sp³-hybridized carbons (Fsp3) is 0.278. The predicted molar refractivity (Wildman–Crippen MR) is 178 cm³/mol. The zero-order valence-electron chi connectivity index (χ0n) is 26.3. The molecule has 0 heterocycles. The summed E-state index contributed by atoms with van der Waals surface area (Å²) in [5.74, 6) is -0.520. The summed E-state index contributed by atoms with van der Waals surface area (Å²) < 4.78 is 35.1. The maximum atomic E-state index is 14.6. The Morgan fingerprint density at radius 3 is 2.16 bits per heavy atom. The molecular weight excluding hydrogens is 586 g/mol. The van der Waals surface area contributed by atoms with E-state index in [0.29, 0.717) is 12.3 Å². The van der Waals surface area contributed by atoms with Crippen LogP contribution in [-0.4, -0.2) is 51.4 Å². The first-order valence-electron chi connectivity index (χ1n) is 15.0. The minimum atomic E-state index is -4.23. The lowest BCUT2D eigenvalue weighted by atomic mass is 10.0. The van der Waals surface area contributed by atoms with Crippen LogP contribution in [0.5, 0.6) is 5.75 Å². The van der Waals surface area contributed by atoms with Crippen molar-refractivity contribution in [1.29, 1.82) is 0 Å². The van der Waals surface area contributed by atoms with Gasteiger partial charge in [0.15, 0.2) is 0 Å². The number of sulfonamides is 1. The molecular formula is C36H41N3O5S. The van der Waals surface area contributed by atoms with E-state index in [-0.39, 0.29) is 29.5 Å². The monoisotopic (exact) mass is 627 g/mol. The number of amides is 2. The van der Waals surface area contributed by atoms with Crippen LogP contribution in [0.3, 0.4) is 0 Å². The van der Waals surface area contributed by atoms with E-state index in [9.17, 15) is 18.0 Å². The van der Waals surface area contributed by atoms with Gasteiger partial charge in [0.1, 0.15) is 18.3 Å². The van der Waals surface area contributed by atoms with Crippen molar-refractivity contribution in [3.63, 3.8) is 0 Å². The maximum Gasteiger partial charge on any atom is 0.264 e. The first kappa shape index (κ1) is 33.3. The van der Waals surface area contributed by atoms with Crippen molar-refractivity contribution in [1.82, 2.24) is 10.2 Å². The van der Waals surface area contributed by atoms with Gasteiger partial charge in [-0.3, -0.25) is 13.9 Å². The summed E-state index contributed by atoms with van der Waals surface area (Å²) in [6.07, 6.45) is 0.985. The van der Waals surface area contributed by atoms with Crippen molar-refractivity contribution in [3.05, 3.63) is 125 Å². The summed E-state index contributed by atoms with van der Waals surface area (Å²) >= 11 is 0. The highest BCUT2D eigenvalue weighted by Gasteiger charge is 2.35. The van der Waals surface area contributed by atoms with E-state index in [0.717, 1.165) is 33.0 Å². The molecule has 4 aromatic carbocycles. The molecule has 0 radical (unpaired) electrons. The molecule has 1 atom stereocenters. The Morgan fingerprint density at radius 2 is 1.49 bits per heavy atom. The van der Waals surface area contributed by atoms with Gasteiger partial charge in [-0.1, -0.05) is 91.3 Å². The number of nitrogens with one attached hydrogen (secondary N) is 1. The van der Waals surface area contributed by atoms with E-state index in [4.69, 9.17) is 4.74 Å². The van der Waals surface area contributed by atoms with E-state index >= 15 is 0 Å². The van der Waals surface area contributed by atoms with Crippen LogP contribution >= 0.6 is 0 Å². The molecule has 0 aliphatic rings. The fourth-order valence-electron chi connectivity index (χ4n) is 5.08. The van der Waals surface area contributed by atoms with Crippen molar-refractivity contribution in [2.24, 2.45) is 0 Å². The standard InChI is InChI=1S/C36H41N3O5S/c1-5-23-37-36(41)33(24-29-14-7-6-8-15-29)38(25-30-16-10-9-13-28(30)3)35(40)26-39(32-17-11-12-18-34(32)44-4)45(42,43)31-21-19-27(2)20-22-31/h6-22,33H,5,23-26H2,1-4H3,(H,37,41)/t33-/m0/s1. The third-order valence-electron chi connectivity index (χ3n) is 7.66. The molecule has 0 spiro atoms. The molecule has 8 nitrogen and oxygen atoms in total. The summed E-state index contributed by atoms with van der Waals surface area (Å²) in [5, 5.41) is 2.97. The molecule has 0 saturated heterocycles. The molecule has 1 N–H and O–H groups in total. The van der Waals surface area contributed by atoms with Crippen LogP contribution in [0.25, 0.3) is 0 Å². The van der Waals surface area contributed by atoms with Gasteiger partial charge < -0.3 is 15.0 Å². The van der Waals surface area contributed by atoms with E-state index in [1.165, 1.54) is 24.1 Å². The summed E-state index contributed by atoms with van der Waals surface area (Å²) in [4.78, 5) is 29.9. The largest absolute Gasteiger partial charge is 0.495 e. The highest BCUT2D eigenvalue weighted by atomic mass is 32.2. The molecule has 45 heavy (non-hydrogen) atoms. The van der Waals surface area contributed by atoms with Crippen LogP contribution in [0.2, 0.25) is 0 Å². The van der Waals surface area contributed by atoms with Crippen LogP contribution < -0.4 is 14.4 Å². The van der Waals surface area contributed by atoms with Crippen molar-refractivity contribution in [2.75, 3.05) is 24.5 Å².